The van der Waals surface area contributed by atoms with E-state index in [0.717, 1.165) is 17.9 Å². The van der Waals surface area contributed by atoms with E-state index in [9.17, 15) is 5.11 Å². The molecule has 1 saturated carbocycles. The van der Waals surface area contributed by atoms with Gasteiger partial charge in [0.15, 0.2) is 0 Å². The van der Waals surface area contributed by atoms with Gasteiger partial charge in [0.2, 0.25) is 0 Å². The molecule has 0 bridgehead atoms. The zero-order chi connectivity index (χ0) is 10.3. The summed E-state index contributed by atoms with van der Waals surface area (Å²) in [4.78, 5) is 2.60. The molecule has 0 radical (unpaired) electrons. The number of hydrogen-bond acceptors (Lipinski definition) is 3. The van der Waals surface area contributed by atoms with Gasteiger partial charge in [-0.25, -0.2) is 0 Å². The van der Waals surface area contributed by atoms with Gasteiger partial charge in [0.25, 0.3) is 0 Å². The number of rotatable bonds is 2. The highest BCUT2D eigenvalue weighted by atomic mass is 16.3. The zero-order valence-corrected chi connectivity index (χ0v) is 9.36. The van der Waals surface area contributed by atoms with E-state index in [4.69, 9.17) is 0 Å². The summed E-state index contributed by atoms with van der Waals surface area (Å²) >= 11 is 0. The van der Waals surface area contributed by atoms with Gasteiger partial charge in [0, 0.05) is 12.1 Å². The first-order valence-electron chi connectivity index (χ1n) is 6.46. The van der Waals surface area contributed by atoms with Gasteiger partial charge in [-0.15, -0.1) is 0 Å². The van der Waals surface area contributed by atoms with E-state index in [1.165, 1.54) is 45.3 Å². The van der Waals surface area contributed by atoms with Gasteiger partial charge in [-0.3, -0.25) is 4.90 Å². The normalized spacial score (nSPS) is 46.2. The third-order valence-corrected chi connectivity index (χ3v) is 4.73. The first-order chi connectivity index (χ1) is 7.38. The van der Waals surface area contributed by atoms with Gasteiger partial charge in [-0.1, -0.05) is 0 Å². The van der Waals surface area contributed by atoms with Crippen molar-refractivity contribution in [1.29, 1.82) is 0 Å². The molecule has 3 rings (SSSR count). The van der Waals surface area contributed by atoms with Gasteiger partial charge < -0.3 is 10.4 Å². The van der Waals surface area contributed by atoms with Gasteiger partial charge >= 0.3 is 0 Å². The molecular formula is C12H22N2O. The number of nitrogens with zero attached hydrogens (tertiary/aromatic N) is 1. The Kier molecular flexibility index (Phi) is 2.71. The Morgan fingerprint density at radius 2 is 1.93 bits per heavy atom. The molecule has 15 heavy (non-hydrogen) atoms. The molecule has 2 N–H and O–H groups in total. The Morgan fingerprint density at radius 3 is 2.60 bits per heavy atom. The van der Waals surface area contributed by atoms with Gasteiger partial charge in [0.1, 0.15) is 0 Å². The number of aliphatic hydroxyl groups is 1. The van der Waals surface area contributed by atoms with Crippen LogP contribution in [0.15, 0.2) is 0 Å². The van der Waals surface area contributed by atoms with Crippen LogP contribution in [-0.2, 0) is 0 Å². The number of aliphatic hydroxyl groups excluding tert-OH is 1. The van der Waals surface area contributed by atoms with Crippen LogP contribution in [0.3, 0.4) is 0 Å². The fourth-order valence-corrected chi connectivity index (χ4v) is 3.94. The molecule has 3 nitrogen and oxygen atoms in total. The molecule has 1 aliphatic carbocycles. The molecule has 0 aromatic heterocycles. The van der Waals surface area contributed by atoms with Crippen LogP contribution in [0.2, 0.25) is 0 Å². The summed E-state index contributed by atoms with van der Waals surface area (Å²) < 4.78 is 0. The maximum Gasteiger partial charge on any atom is 0.0586 e. The summed E-state index contributed by atoms with van der Waals surface area (Å²) in [5.74, 6) is 1.85. The zero-order valence-electron chi connectivity index (χ0n) is 9.36. The van der Waals surface area contributed by atoms with Crippen LogP contribution in [0.25, 0.3) is 0 Å². The molecule has 1 unspecified atom stereocenters. The smallest absolute Gasteiger partial charge is 0.0586 e. The van der Waals surface area contributed by atoms with Crippen molar-refractivity contribution in [1.82, 2.24) is 10.2 Å². The van der Waals surface area contributed by atoms with Crippen LogP contribution in [0, 0.1) is 11.8 Å². The highest BCUT2D eigenvalue weighted by molar-refractivity contribution is 4.97. The van der Waals surface area contributed by atoms with Crippen molar-refractivity contribution in [2.45, 2.75) is 37.8 Å². The molecule has 0 spiro atoms. The monoisotopic (exact) mass is 210 g/mol. The molecule has 0 amide bonds. The minimum atomic E-state index is 0.365. The average molecular weight is 210 g/mol. The van der Waals surface area contributed by atoms with E-state index in [-0.39, 0.29) is 0 Å². The fourth-order valence-electron chi connectivity index (χ4n) is 3.94. The predicted molar refractivity (Wildman–Crippen MR) is 59.7 cm³/mol. The SMILES string of the molecule is OC[C@@H]1CCCN1C1C[C@H]2CNC[C@H]2C1. The number of likely N-dealkylation sites (tertiary alicyclic amines) is 1. The number of hydrogen-bond donors (Lipinski definition) is 2. The van der Waals surface area contributed by atoms with Crippen molar-refractivity contribution < 1.29 is 5.11 Å². The predicted octanol–water partition coefficient (Wildman–Crippen LogP) is 0.441. The first kappa shape index (κ1) is 10.1. The largest absolute Gasteiger partial charge is 0.395 e. The Bertz CT molecular complexity index is 222. The summed E-state index contributed by atoms with van der Waals surface area (Å²) in [5, 5.41) is 12.8. The van der Waals surface area contributed by atoms with Crippen molar-refractivity contribution in [3.63, 3.8) is 0 Å². The Hall–Kier alpha value is -0.120. The minimum absolute atomic E-state index is 0.365. The Labute approximate surface area is 91.8 Å². The van der Waals surface area contributed by atoms with Gasteiger partial charge in [-0.2, -0.15) is 0 Å². The van der Waals surface area contributed by atoms with Gasteiger partial charge in [-0.05, 0) is 57.2 Å². The topological polar surface area (TPSA) is 35.5 Å². The molecule has 2 saturated heterocycles. The third-order valence-electron chi connectivity index (χ3n) is 4.73. The number of fused-ring (bicyclic) bond motifs is 1. The van der Waals surface area contributed by atoms with Crippen LogP contribution in [0.4, 0.5) is 0 Å². The summed E-state index contributed by atoms with van der Waals surface area (Å²) in [6.45, 7) is 4.06. The van der Waals surface area contributed by atoms with Crippen molar-refractivity contribution in [3.8, 4) is 0 Å². The van der Waals surface area contributed by atoms with Crippen molar-refractivity contribution in [3.05, 3.63) is 0 Å². The quantitative estimate of drug-likeness (QED) is 0.694. The fraction of sp³-hybridized carbons (Fsp3) is 1.00. The molecular weight excluding hydrogens is 188 g/mol. The first-order valence-corrected chi connectivity index (χ1v) is 6.46. The maximum absolute atomic E-state index is 9.35. The minimum Gasteiger partial charge on any atom is -0.395 e. The molecule has 3 fully saturated rings. The van der Waals surface area contributed by atoms with E-state index in [0.29, 0.717) is 12.6 Å². The van der Waals surface area contributed by atoms with E-state index >= 15 is 0 Å². The molecule has 2 heterocycles. The second-order valence-electron chi connectivity index (χ2n) is 5.52. The summed E-state index contributed by atoms with van der Waals surface area (Å²) in [6, 6.07) is 1.25. The third kappa shape index (κ3) is 1.71. The average Bonchev–Trinajstić information content (AvgIpc) is 2.91. The number of nitrogens with one attached hydrogen (secondary N) is 1. The molecule has 4 atom stereocenters. The van der Waals surface area contributed by atoms with E-state index < -0.39 is 0 Å². The lowest BCUT2D eigenvalue weighted by molar-refractivity contribution is 0.117. The molecule has 3 heteroatoms. The van der Waals surface area contributed by atoms with Crippen LogP contribution in [0.1, 0.15) is 25.7 Å². The maximum atomic E-state index is 9.35. The lowest BCUT2D eigenvalue weighted by atomic mass is 10.0. The van der Waals surface area contributed by atoms with Gasteiger partial charge in [0.05, 0.1) is 6.61 Å². The van der Waals surface area contributed by atoms with Crippen LogP contribution >= 0.6 is 0 Å². The van der Waals surface area contributed by atoms with E-state index in [2.05, 4.69) is 10.2 Å². The molecule has 86 valence electrons. The molecule has 2 aliphatic heterocycles. The highest BCUT2D eigenvalue weighted by Crippen LogP contribution is 2.39. The standard InChI is InChI=1S/C12H22N2O/c15-8-11-2-1-3-14(11)12-4-9-6-13-7-10(9)5-12/h9-13,15H,1-8H2/t9-,10+,11-,12?/m0/s1. The molecule has 3 aliphatic rings. The second-order valence-corrected chi connectivity index (χ2v) is 5.52. The van der Waals surface area contributed by atoms with Crippen LogP contribution in [0.5, 0.6) is 0 Å². The highest BCUT2D eigenvalue weighted by Gasteiger charge is 2.42. The molecule has 0 aromatic carbocycles. The van der Waals surface area contributed by atoms with Crippen LogP contribution < -0.4 is 5.32 Å². The van der Waals surface area contributed by atoms with E-state index in [1.807, 2.05) is 0 Å². The second kappa shape index (κ2) is 4.04. The van der Waals surface area contributed by atoms with Crippen molar-refractivity contribution in [2.24, 2.45) is 11.8 Å². The van der Waals surface area contributed by atoms with Crippen molar-refractivity contribution >= 4 is 0 Å². The lowest BCUT2D eigenvalue weighted by Gasteiger charge is -2.30. The Balaban J connectivity index is 1.64. The summed E-state index contributed by atoms with van der Waals surface area (Å²) in [7, 11) is 0. The summed E-state index contributed by atoms with van der Waals surface area (Å²) in [6.07, 6.45) is 5.23. The van der Waals surface area contributed by atoms with E-state index in [1.54, 1.807) is 0 Å². The Morgan fingerprint density at radius 1 is 1.20 bits per heavy atom. The lowest BCUT2D eigenvalue weighted by Crippen LogP contribution is -2.40. The molecule has 0 aromatic rings. The van der Waals surface area contributed by atoms with Crippen LogP contribution in [-0.4, -0.2) is 48.3 Å². The van der Waals surface area contributed by atoms with Crippen molar-refractivity contribution in [2.75, 3.05) is 26.2 Å². The summed E-state index contributed by atoms with van der Waals surface area (Å²) in [5.41, 5.74) is 0.